The maximum atomic E-state index is 12.8. The van der Waals surface area contributed by atoms with Gasteiger partial charge in [0.15, 0.2) is 0 Å². The average molecular weight is 1000 g/mol. The molecule has 0 aliphatic heterocycles. The van der Waals surface area contributed by atoms with Gasteiger partial charge in [-0.1, -0.05) is 303 Å². The molecular formula is C58H116NO9P. The Balaban J connectivity index is 3.98. The predicted octanol–water partition coefficient (Wildman–Crippen LogP) is 18.2. The summed E-state index contributed by atoms with van der Waals surface area (Å²) in [6.07, 6.45) is 61.8. The Kier molecular flexibility index (Phi) is 53.9. The SMILES string of the molecule is CCCCCCCCCCCCCCCCCCCCCCCCCCOCC(COP(=O)(O)OCC(N)C(=O)O)OC(=O)CCCCCCCCCCCCCCCCCCCCCCCCC. The molecule has 69 heavy (non-hydrogen) atoms. The first-order valence-corrected chi connectivity index (χ1v) is 31.6. The lowest BCUT2D eigenvalue weighted by molar-refractivity contribution is -0.154. The van der Waals surface area contributed by atoms with Gasteiger partial charge in [0, 0.05) is 13.0 Å². The average Bonchev–Trinajstić information content (AvgIpc) is 3.33. The number of rotatable bonds is 59. The van der Waals surface area contributed by atoms with Crippen molar-refractivity contribution < 1.29 is 42.7 Å². The highest BCUT2D eigenvalue weighted by atomic mass is 31.2. The van der Waals surface area contributed by atoms with Gasteiger partial charge in [0.1, 0.15) is 12.1 Å². The van der Waals surface area contributed by atoms with Crippen LogP contribution in [0.2, 0.25) is 0 Å². The number of unbranched alkanes of at least 4 members (excludes halogenated alkanes) is 45. The summed E-state index contributed by atoms with van der Waals surface area (Å²) in [5.41, 5.74) is 5.39. The summed E-state index contributed by atoms with van der Waals surface area (Å²) >= 11 is 0. The largest absolute Gasteiger partial charge is 0.480 e. The predicted molar refractivity (Wildman–Crippen MR) is 291 cm³/mol. The zero-order valence-electron chi connectivity index (χ0n) is 45.7. The van der Waals surface area contributed by atoms with E-state index in [9.17, 15) is 19.0 Å². The number of carboxylic acid groups (broad SMARTS) is 1. The van der Waals surface area contributed by atoms with Crippen LogP contribution in [0.1, 0.15) is 322 Å². The number of ether oxygens (including phenoxy) is 2. The molecule has 0 heterocycles. The molecule has 0 aliphatic carbocycles. The molecule has 0 bridgehead atoms. The van der Waals surface area contributed by atoms with E-state index in [1.165, 1.54) is 263 Å². The number of aliphatic carboxylic acids is 1. The normalized spacial score (nSPS) is 13.4. The van der Waals surface area contributed by atoms with Gasteiger partial charge in [-0.3, -0.25) is 18.6 Å². The van der Waals surface area contributed by atoms with Crippen LogP contribution in [0.3, 0.4) is 0 Å². The fourth-order valence-electron chi connectivity index (χ4n) is 9.26. The number of esters is 1. The standard InChI is InChI=1S/C58H116NO9P/c1-3-5-7-9-11-13-15-17-19-21-23-25-27-29-31-33-35-37-39-41-43-45-47-49-51-65-52-55(53-66-69(63,64)67-54-56(59)58(61)62)68-57(60)50-48-46-44-42-40-38-36-34-32-30-28-26-24-22-20-18-16-14-12-10-8-6-4-2/h55-56H,3-54,59H2,1-2H3,(H,61,62)(H,63,64). The Morgan fingerprint density at radius 1 is 0.406 bits per heavy atom. The van der Waals surface area contributed by atoms with E-state index in [1.54, 1.807) is 0 Å². The summed E-state index contributed by atoms with van der Waals surface area (Å²) in [7, 11) is -4.62. The number of carbonyl (C=O) groups is 2. The van der Waals surface area contributed by atoms with E-state index in [-0.39, 0.29) is 13.0 Å². The van der Waals surface area contributed by atoms with E-state index in [0.29, 0.717) is 6.61 Å². The second-order valence-electron chi connectivity index (χ2n) is 20.9. The second-order valence-corrected chi connectivity index (χ2v) is 22.3. The maximum Gasteiger partial charge on any atom is 0.472 e. The van der Waals surface area contributed by atoms with Gasteiger partial charge in [-0.2, -0.15) is 0 Å². The highest BCUT2D eigenvalue weighted by Gasteiger charge is 2.27. The highest BCUT2D eigenvalue weighted by Crippen LogP contribution is 2.43. The van der Waals surface area contributed by atoms with Crippen LogP contribution in [-0.2, 0) is 32.7 Å². The van der Waals surface area contributed by atoms with Gasteiger partial charge < -0.3 is 25.2 Å². The molecule has 0 fully saturated rings. The molecule has 0 rings (SSSR count). The van der Waals surface area contributed by atoms with Crippen LogP contribution >= 0.6 is 7.82 Å². The summed E-state index contributed by atoms with van der Waals surface area (Å²) in [4.78, 5) is 33.8. The van der Waals surface area contributed by atoms with Gasteiger partial charge in [0.05, 0.1) is 19.8 Å². The van der Waals surface area contributed by atoms with E-state index in [2.05, 4.69) is 13.8 Å². The third-order valence-corrected chi connectivity index (χ3v) is 14.8. The zero-order chi connectivity index (χ0) is 50.4. The summed E-state index contributed by atoms with van der Waals surface area (Å²) in [5, 5.41) is 8.96. The molecule has 4 N–H and O–H groups in total. The molecule has 10 nitrogen and oxygen atoms in total. The first-order chi connectivity index (χ1) is 33.7. The number of phosphoric ester groups is 1. The molecule has 0 radical (unpaired) electrons. The van der Waals surface area contributed by atoms with Crippen LogP contribution < -0.4 is 5.73 Å². The molecule has 0 amide bonds. The van der Waals surface area contributed by atoms with Crippen molar-refractivity contribution in [2.24, 2.45) is 5.73 Å². The number of hydrogen-bond donors (Lipinski definition) is 3. The van der Waals surface area contributed by atoms with Crippen LogP contribution in [0.5, 0.6) is 0 Å². The summed E-state index contributed by atoms with van der Waals surface area (Å²) in [6, 6.07) is -1.47. The van der Waals surface area contributed by atoms with Crippen molar-refractivity contribution in [2.45, 2.75) is 334 Å². The molecule has 412 valence electrons. The Morgan fingerprint density at radius 2 is 0.667 bits per heavy atom. The molecule has 3 unspecified atom stereocenters. The number of phosphoric acid groups is 1. The van der Waals surface area contributed by atoms with Crippen LogP contribution in [0.25, 0.3) is 0 Å². The van der Waals surface area contributed by atoms with Crippen molar-refractivity contribution >= 4 is 19.8 Å². The molecule has 0 spiro atoms. The van der Waals surface area contributed by atoms with Gasteiger partial charge in [-0.15, -0.1) is 0 Å². The second kappa shape index (κ2) is 54.7. The Morgan fingerprint density at radius 3 is 0.957 bits per heavy atom. The van der Waals surface area contributed by atoms with E-state index in [0.717, 1.165) is 38.5 Å². The Hall–Kier alpha value is -1.03. The first kappa shape index (κ1) is 68.0. The lowest BCUT2D eigenvalue weighted by Gasteiger charge is -2.20. The lowest BCUT2D eigenvalue weighted by atomic mass is 10.0. The van der Waals surface area contributed by atoms with E-state index >= 15 is 0 Å². The quantitative estimate of drug-likeness (QED) is 0.0305. The van der Waals surface area contributed by atoms with E-state index in [4.69, 9.17) is 29.4 Å². The van der Waals surface area contributed by atoms with Gasteiger partial charge in [-0.25, -0.2) is 4.57 Å². The molecule has 11 heteroatoms. The van der Waals surface area contributed by atoms with Crippen molar-refractivity contribution in [1.29, 1.82) is 0 Å². The van der Waals surface area contributed by atoms with Crippen molar-refractivity contribution in [1.82, 2.24) is 0 Å². The van der Waals surface area contributed by atoms with E-state index in [1.807, 2.05) is 0 Å². The van der Waals surface area contributed by atoms with Crippen LogP contribution in [0, 0.1) is 0 Å². The van der Waals surface area contributed by atoms with Crippen LogP contribution in [0.4, 0.5) is 0 Å². The molecule has 0 aliphatic rings. The van der Waals surface area contributed by atoms with Crippen LogP contribution in [0.15, 0.2) is 0 Å². The highest BCUT2D eigenvalue weighted by molar-refractivity contribution is 7.47. The van der Waals surface area contributed by atoms with Gasteiger partial charge in [0.25, 0.3) is 0 Å². The summed E-state index contributed by atoms with van der Waals surface area (Å²) in [6.45, 7) is 3.98. The summed E-state index contributed by atoms with van der Waals surface area (Å²) < 4.78 is 33.7. The minimum Gasteiger partial charge on any atom is -0.480 e. The molecular weight excluding hydrogens is 886 g/mol. The smallest absolute Gasteiger partial charge is 0.472 e. The molecule has 0 aromatic rings. The maximum absolute atomic E-state index is 12.8. The molecule has 0 saturated carbocycles. The third-order valence-electron chi connectivity index (χ3n) is 13.9. The third kappa shape index (κ3) is 54.6. The monoisotopic (exact) mass is 1000 g/mol. The number of hydrogen-bond acceptors (Lipinski definition) is 8. The van der Waals surface area contributed by atoms with Crippen molar-refractivity contribution in [3.8, 4) is 0 Å². The summed E-state index contributed by atoms with van der Waals surface area (Å²) in [5.74, 6) is -1.76. The molecule has 0 aromatic carbocycles. The fourth-order valence-corrected chi connectivity index (χ4v) is 10.0. The Labute approximate surface area is 427 Å². The number of nitrogens with two attached hydrogens (primary N) is 1. The minimum atomic E-state index is -4.62. The number of carboxylic acids is 1. The topological polar surface area (TPSA) is 155 Å². The Bertz CT molecular complexity index is 1110. The molecule has 3 atom stereocenters. The van der Waals surface area contributed by atoms with Crippen molar-refractivity contribution in [3.63, 3.8) is 0 Å². The van der Waals surface area contributed by atoms with Gasteiger partial charge >= 0.3 is 19.8 Å². The van der Waals surface area contributed by atoms with Crippen molar-refractivity contribution in [3.05, 3.63) is 0 Å². The zero-order valence-corrected chi connectivity index (χ0v) is 46.6. The first-order valence-electron chi connectivity index (χ1n) is 30.1. The lowest BCUT2D eigenvalue weighted by Crippen LogP contribution is -2.34. The van der Waals surface area contributed by atoms with Gasteiger partial charge in [0.2, 0.25) is 0 Å². The number of carbonyl (C=O) groups excluding carboxylic acids is 1. The molecule has 0 aromatic heterocycles. The van der Waals surface area contributed by atoms with E-state index < -0.39 is 45.1 Å². The fraction of sp³-hybridized carbons (Fsp3) is 0.966. The minimum absolute atomic E-state index is 0.0269. The molecule has 0 saturated heterocycles. The van der Waals surface area contributed by atoms with Crippen LogP contribution in [-0.4, -0.2) is 60.5 Å². The van der Waals surface area contributed by atoms with Gasteiger partial charge in [-0.05, 0) is 12.8 Å². The van der Waals surface area contributed by atoms with Crippen molar-refractivity contribution in [2.75, 3.05) is 26.4 Å².